The Kier molecular flexibility index (Phi) is 12.1. The van der Waals surface area contributed by atoms with E-state index in [9.17, 15) is 14.8 Å². The fourth-order valence-electron chi connectivity index (χ4n) is 5.23. The quantitative estimate of drug-likeness (QED) is 0.204. The fourth-order valence-corrected chi connectivity index (χ4v) is 5.57. The van der Waals surface area contributed by atoms with Crippen LogP contribution >= 0.6 is 7.82 Å². The van der Waals surface area contributed by atoms with E-state index in [-0.39, 0.29) is 0 Å². The zero-order chi connectivity index (χ0) is 28.6. The summed E-state index contributed by atoms with van der Waals surface area (Å²) in [6, 6.07) is 0. The predicted octanol–water partition coefficient (Wildman–Crippen LogP) is 3.79. The van der Waals surface area contributed by atoms with E-state index in [0.29, 0.717) is 23.0 Å². The highest BCUT2D eigenvalue weighted by Crippen LogP contribution is 2.39. The molecule has 1 saturated heterocycles. The smallest absolute Gasteiger partial charge is 0.387 e. The summed E-state index contributed by atoms with van der Waals surface area (Å²) >= 11 is 0. The van der Waals surface area contributed by atoms with Crippen molar-refractivity contribution in [3.05, 3.63) is 12.7 Å². The lowest BCUT2D eigenvalue weighted by molar-refractivity contribution is -0.0504. The SMILES string of the molecule is CCCCC(CC)CN(CC(CC)CCCC)c1ncnc2c1ncn2[C@@H]1O[C@H](COP(=O)(O)O)[C@@H](O)[C@H]1O. The molecule has 13 heteroatoms. The van der Waals surface area contributed by atoms with Gasteiger partial charge in [-0.05, 0) is 24.7 Å². The molecule has 2 aromatic heterocycles. The van der Waals surface area contributed by atoms with Gasteiger partial charge in [-0.2, -0.15) is 0 Å². The molecule has 3 heterocycles. The Morgan fingerprint density at radius 2 is 1.62 bits per heavy atom. The number of phosphoric acid groups is 1. The predicted molar refractivity (Wildman–Crippen MR) is 148 cm³/mol. The third kappa shape index (κ3) is 8.42. The molecule has 0 aliphatic carbocycles. The molecular weight excluding hydrogens is 525 g/mol. The van der Waals surface area contributed by atoms with Crippen LogP contribution in [0.3, 0.4) is 0 Å². The van der Waals surface area contributed by atoms with E-state index in [4.69, 9.17) is 14.5 Å². The maximum absolute atomic E-state index is 11.1. The van der Waals surface area contributed by atoms with Crippen LogP contribution in [0, 0.1) is 11.8 Å². The molecule has 2 unspecified atom stereocenters. The van der Waals surface area contributed by atoms with Crippen molar-refractivity contribution in [1.29, 1.82) is 0 Å². The van der Waals surface area contributed by atoms with E-state index < -0.39 is 39.0 Å². The van der Waals surface area contributed by atoms with Crippen molar-refractivity contribution in [2.45, 2.75) is 104 Å². The van der Waals surface area contributed by atoms with Gasteiger partial charge in [0.25, 0.3) is 0 Å². The molecule has 2 aromatic rings. The van der Waals surface area contributed by atoms with Crippen molar-refractivity contribution in [2.75, 3.05) is 24.6 Å². The highest BCUT2D eigenvalue weighted by molar-refractivity contribution is 7.46. The van der Waals surface area contributed by atoms with Crippen LogP contribution in [0.25, 0.3) is 11.2 Å². The molecule has 1 aliphatic heterocycles. The summed E-state index contributed by atoms with van der Waals surface area (Å²) < 4.78 is 22.9. The van der Waals surface area contributed by atoms with E-state index in [1.807, 2.05) is 0 Å². The molecule has 0 radical (unpaired) electrons. The first-order chi connectivity index (χ1) is 18.6. The van der Waals surface area contributed by atoms with Gasteiger partial charge < -0.3 is 29.6 Å². The number of ether oxygens (including phenoxy) is 1. The van der Waals surface area contributed by atoms with Crippen LogP contribution in [0.1, 0.15) is 85.3 Å². The Balaban J connectivity index is 1.92. The highest BCUT2D eigenvalue weighted by atomic mass is 31.2. The molecular formula is C26H46N5O7P. The zero-order valence-electron chi connectivity index (χ0n) is 23.6. The number of aliphatic hydroxyl groups excluding tert-OH is 2. The first-order valence-electron chi connectivity index (χ1n) is 14.3. The number of nitrogens with zero attached hydrogens (tertiary/aromatic N) is 5. The van der Waals surface area contributed by atoms with Crippen molar-refractivity contribution in [2.24, 2.45) is 11.8 Å². The number of aromatic nitrogens is 4. The molecule has 222 valence electrons. The molecule has 0 spiro atoms. The van der Waals surface area contributed by atoms with E-state index in [2.05, 4.69) is 52.1 Å². The molecule has 6 atom stereocenters. The van der Waals surface area contributed by atoms with Crippen LogP contribution in [0.15, 0.2) is 12.7 Å². The lowest BCUT2D eigenvalue weighted by atomic mass is 9.95. The number of unbranched alkanes of at least 4 members (excludes halogenated alkanes) is 2. The van der Waals surface area contributed by atoms with E-state index in [1.54, 1.807) is 0 Å². The number of rotatable bonds is 17. The van der Waals surface area contributed by atoms with Crippen molar-refractivity contribution >= 4 is 24.8 Å². The summed E-state index contributed by atoms with van der Waals surface area (Å²) in [5, 5.41) is 21.2. The van der Waals surface area contributed by atoms with Crippen LogP contribution < -0.4 is 4.90 Å². The second-order valence-electron chi connectivity index (χ2n) is 10.6. The van der Waals surface area contributed by atoms with Gasteiger partial charge in [-0.25, -0.2) is 19.5 Å². The van der Waals surface area contributed by atoms with Gasteiger partial charge in [0.2, 0.25) is 0 Å². The number of anilines is 1. The maximum atomic E-state index is 11.1. The second kappa shape index (κ2) is 14.8. The van der Waals surface area contributed by atoms with Crippen LogP contribution in [0.4, 0.5) is 5.82 Å². The molecule has 1 aliphatic rings. The largest absolute Gasteiger partial charge is 0.469 e. The van der Waals surface area contributed by atoms with Gasteiger partial charge in [0.05, 0.1) is 12.9 Å². The molecule has 3 rings (SSSR count). The number of hydrogen-bond acceptors (Lipinski definition) is 9. The van der Waals surface area contributed by atoms with E-state index in [1.165, 1.54) is 30.1 Å². The molecule has 0 saturated carbocycles. The van der Waals surface area contributed by atoms with Gasteiger partial charge in [-0.1, -0.05) is 66.2 Å². The Hall–Kier alpha value is -1.66. The topological polar surface area (TPSA) is 163 Å². The average molecular weight is 572 g/mol. The monoisotopic (exact) mass is 571 g/mol. The van der Waals surface area contributed by atoms with Gasteiger partial charge in [0.1, 0.15) is 24.6 Å². The Labute approximate surface area is 231 Å². The van der Waals surface area contributed by atoms with Crippen LogP contribution in [-0.4, -0.2) is 77.5 Å². The van der Waals surface area contributed by atoms with E-state index >= 15 is 0 Å². The number of fused-ring (bicyclic) bond motifs is 1. The Morgan fingerprint density at radius 1 is 1.00 bits per heavy atom. The third-order valence-electron chi connectivity index (χ3n) is 7.70. The fraction of sp³-hybridized carbons (Fsp3) is 0.808. The molecule has 0 aromatic carbocycles. The van der Waals surface area contributed by atoms with Gasteiger partial charge >= 0.3 is 7.82 Å². The molecule has 0 amide bonds. The number of hydrogen-bond donors (Lipinski definition) is 4. The van der Waals surface area contributed by atoms with Gasteiger partial charge in [0, 0.05) is 13.1 Å². The summed E-state index contributed by atoms with van der Waals surface area (Å²) in [6.45, 7) is 10.0. The van der Waals surface area contributed by atoms with Gasteiger partial charge in [-0.3, -0.25) is 9.09 Å². The van der Waals surface area contributed by atoms with Crippen molar-refractivity contribution < 1.29 is 33.8 Å². The Morgan fingerprint density at radius 3 is 2.15 bits per heavy atom. The maximum Gasteiger partial charge on any atom is 0.469 e. The third-order valence-corrected chi connectivity index (χ3v) is 8.19. The minimum absolute atomic E-state index is 0.445. The van der Waals surface area contributed by atoms with Crippen molar-refractivity contribution in [3.8, 4) is 0 Å². The number of phosphoric ester groups is 1. The zero-order valence-corrected chi connectivity index (χ0v) is 24.5. The Bertz CT molecular complexity index is 1050. The first-order valence-corrected chi connectivity index (χ1v) is 15.8. The average Bonchev–Trinajstić information content (AvgIpc) is 3.46. The molecule has 4 N–H and O–H groups in total. The minimum Gasteiger partial charge on any atom is -0.387 e. The van der Waals surface area contributed by atoms with Gasteiger partial charge in [-0.15, -0.1) is 0 Å². The molecule has 12 nitrogen and oxygen atoms in total. The summed E-state index contributed by atoms with van der Waals surface area (Å²) in [5.41, 5.74) is 1.02. The number of aliphatic hydroxyl groups is 2. The molecule has 1 fully saturated rings. The van der Waals surface area contributed by atoms with Crippen LogP contribution in [-0.2, 0) is 13.8 Å². The standard InChI is InChI=1S/C26H46N5O7P/c1-5-9-11-18(7-3)13-30(14-19(8-4)12-10-6-2)24-21-25(28-16-27-24)31(17-29-21)26-23(33)22(32)20(38-26)15-37-39(34,35)36/h16-20,22-23,26,32-33H,5-15H2,1-4H3,(H2,34,35,36)/t18?,19?,20-,22-,23-,26-/m1/s1. The second-order valence-corrected chi connectivity index (χ2v) is 11.8. The van der Waals surface area contributed by atoms with Gasteiger partial charge in [0.15, 0.2) is 23.2 Å². The first kappa shape index (κ1) is 31.9. The number of imidazole rings is 1. The van der Waals surface area contributed by atoms with Crippen LogP contribution in [0.5, 0.6) is 0 Å². The summed E-state index contributed by atoms with van der Waals surface area (Å²) in [4.78, 5) is 34.1. The summed E-state index contributed by atoms with van der Waals surface area (Å²) in [6.07, 6.45) is 7.10. The van der Waals surface area contributed by atoms with E-state index in [0.717, 1.165) is 57.4 Å². The van der Waals surface area contributed by atoms with Crippen molar-refractivity contribution in [3.63, 3.8) is 0 Å². The lowest BCUT2D eigenvalue weighted by Gasteiger charge is -2.31. The normalized spacial score (nSPS) is 23.4. The minimum atomic E-state index is -4.76. The highest BCUT2D eigenvalue weighted by Gasteiger charge is 2.45. The lowest BCUT2D eigenvalue weighted by Crippen LogP contribution is -2.35. The summed E-state index contributed by atoms with van der Waals surface area (Å²) in [5.74, 6) is 1.77. The van der Waals surface area contributed by atoms with Crippen molar-refractivity contribution in [1.82, 2.24) is 19.5 Å². The molecule has 0 bridgehead atoms. The summed E-state index contributed by atoms with van der Waals surface area (Å²) in [7, 11) is -4.76. The van der Waals surface area contributed by atoms with Crippen LogP contribution in [0.2, 0.25) is 0 Å². The molecule has 39 heavy (non-hydrogen) atoms.